The number of carboxylic acids is 1. The first-order chi connectivity index (χ1) is 10.2. The summed E-state index contributed by atoms with van der Waals surface area (Å²) in [5, 5.41) is 8.69. The summed E-state index contributed by atoms with van der Waals surface area (Å²) in [5.74, 6) is -0.582. The van der Waals surface area contributed by atoms with Crippen LogP contribution in [0.1, 0.15) is 39.2 Å². The van der Waals surface area contributed by atoms with Crippen molar-refractivity contribution >= 4 is 24.5 Å². The van der Waals surface area contributed by atoms with E-state index in [0.717, 1.165) is 5.56 Å². The molecular weight excluding hydrogens is 322 g/mol. The lowest BCUT2D eigenvalue weighted by molar-refractivity contribution is -0.138. The molecule has 23 heavy (non-hydrogen) atoms. The highest BCUT2D eigenvalue weighted by Crippen LogP contribution is 2.16. The number of hydrogen-bond donors (Lipinski definition) is 2. The average molecular weight is 346 g/mol. The van der Waals surface area contributed by atoms with E-state index in [4.69, 9.17) is 20.3 Å². The Bertz CT molecular complexity index is 510. The maximum absolute atomic E-state index is 11.5. The van der Waals surface area contributed by atoms with Crippen LogP contribution in [0.15, 0.2) is 24.3 Å². The van der Waals surface area contributed by atoms with Crippen molar-refractivity contribution in [2.45, 2.75) is 51.7 Å². The van der Waals surface area contributed by atoms with Crippen LogP contribution in [0.3, 0.4) is 0 Å². The van der Waals surface area contributed by atoms with Gasteiger partial charge in [-0.15, -0.1) is 12.4 Å². The van der Waals surface area contributed by atoms with Gasteiger partial charge in [-0.2, -0.15) is 0 Å². The summed E-state index contributed by atoms with van der Waals surface area (Å²) in [6.45, 7) is 5.29. The van der Waals surface area contributed by atoms with Gasteiger partial charge in [-0.25, -0.2) is 4.79 Å². The standard InChI is InChI=1S/C16H23NO5.ClH/c1-16(2,3)22-15(20)21-12-9-7-11(8-10-12)5-4-6-13(17)14(18)19;/h7-10,13H,4-6,17H2,1-3H3,(H,18,19);1H. The van der Waals surface area contributed by atoms with Crippen LogP contribution in [-0.4, -0.2) is 28.9 Å². The third kappa shape index (κ3) is 9.05. The molecule has 1 unspecified atom stereocenters. The minimum Gasteiger partial charge on any atom is -0.480 e. The number of aliphatic carboxylic acids is 1. The largest absolute Gasteiger partial charge is 0.514 e. The maximum atomic E-state index is 11.5. The molecule has 1 aromatic carbocycles. The summed E-state index contributed by atoms with van der Waals surface area (Å²) in [4.78, 5) is 22.1. The Balaban J connectivity index is 0.00000484. The normalized spacial score (nSPS) is 12.0. The number of carbonyl (C=O) groups is 2. The summed E-state index contributed by atoms with van der Waals surface area (Å²) >= 11 is 0. The summed E-state index contributed by atoms with van der Waals surface area (Å²) in [5.41, 5.74) is 5.86. The first kappa shape index (κ1) is 21.2. The Morgan fingerprint density at radius 1 is 1.22 bits per heavy atom. The zero-order valence-electron chi connectivity index (χ0n) is 13.6. The van der Waals surface area contributed by atoms with Gasteiger partial charge in [0.2, 0.25) is 0 Å². The van der Waals surface area contributed by atoms with E-state index < -0.39 is 23.8 Å². The van der Waals surface area contributed by atoms with Crippen molar-refractivity contribution in [2.24, 2.45) is 5.73 Å². The van der Waals surface area contributed by atoms with Crippen LogP contribution < -0.4 is 10.5 Å². The van der Waals surface area contributed by atoms with Crippen molar-refractivity contribution < 1.29 is 24.2 Å². The Kier molecular flexibility index (Phi) is 8.64. The van der Waals surface area contributed by atoms with Crippen LogP contribution >= 0.6 is 12.4 Å². The van der Waals surface area contributed by atoms with Crippen molar-refractivity contribution in [1.29, 1.82) is 0 Å². The molecule has 1 rings (SSSR count). The average Bonchev–Trinajstić information content (AvgIpc) is 2.38. The number of benzene rings is 1. The number of rotatable bonds is 6. The smallest absolute Gasteiger partial charge is 0.480 e. The molecule has 3 N–H and O–H groups in total. The van der Waals surface area contributed by atoms with E-state index in [9.17, 15) is 9.59 Å². The minimum atomic E-state index is -0.985. The molecule has 6 nitrogen and oxygen atoms in total. The lowest BCUT2D eigenvalue weighted by atomic mass is 10.1. The zero-order valence-corrected chi connectivity index (χ0v) is 14.4. The van der Waals surface area contributed by atoms with Crippen molar-refractivity contribution in [1.82, 2.24) is 0 Å². The third-order valence-electron chi connectivity index (χ3n) is 2.81. The van der Waals surface area contributed by atoms with Gasteiger partial charge < -0.3 is 20.3 Å². The van der Waals surface area contributed by atoms with Gasteiger partial charge >= 0.3 is 12.1 Å². The molecule has 0 fully saturated rings. The van der Waals surface area contributed by atoms with Crippen LogP contribution in [-0.2, 0) is 16.0 Å². The van der Waals surface area contributed by atoms with Crippen molar-refractivity contribution in [3.05, 3.63) is 29.8 Å². The highest BCUT2D eigenvalue weighted by Gasteiger charge is 2.18. The van der Waals surface area contributed by atoms with Crippen LogP contribution in [0, 0.1) is 0 Å². The third-order valence-corrected chi connectivity index (χ3v) is 2.81. The highest BCUT2D eigenvalue weighted by molar-refractivity contribution is 5.85. The predicted molar refractivity (Wildman–Crippen MR) is 89.1 cm³/mol. The molecule has 7 heteroatoms. The highest BCUT2D eigenvalue weighted by atomic mass is 35.5. The first-order valence-electron chi connectivity index (χ1n) is 7.15. The van der Waals surface area contributed by atoms with Gasteiger partial charge in [-0.3, -0.25) is 4.79 Å². The fourth-order valence-corrected chi connectivity index (χ4v) is 1.74. The van der Waals surface area contributed by atoms with Gasteiger partial charge in [-0.05, 0) is 57.7 Å². The molecule has 0 aliphatic rings. The second-order valence-corrected chi connectivity index (χ2v) is 6.05. The van der Waals surface area contributed by atoms with Crippen LogP contribution in [0.2, 0.25) is 0 Å². The molecule has 0 aliphatic carbocycles. The van der Waals surface area contributed by atoms with Gasteiger partial charge in [-0.1, -0.05) is 12.1 Å². The minimum absolute atomic E-state index is 0. The Morgan fingerprint density at radius 2 is 1.78 bits per heavy atom. The van der Waals surface area contributed by atoms with Crippen LogP contribution in [0.5, 0.6) is 5.75 Å². The summed E-state index contributed by atoms with van der Waals surface area (Å²) in [6, 6.07) is 6.18. The van der Waals surface area contributed by atoms with E-state index in [1.165, 1.54) is 0 Å². The summed E-state index contributed by atoms with van der Waals surface area (Å²) in [7, 11) is 0. The monoisotopic (exact) mass is 345 g/mol. The molecule has 0 spiro atoms. The Hall–Kier alpha value is -1.79. The molecule has 130 valence electrons. The second kappa shape index (κ2) is 9.37. The lowest BCUT2D eigenvalue weighted by Crippen LogP contribution is -2.29. The number of hydrogen-bond acceptors (Lipinski definition) is 5. The molecule has 0 radical (unpaired) electrons. The van der Waals surface area contributed by atoms with E-state index in [-0.39, 0.29) is 12.4 Å². The van der Waals surface area contributed by atoms with Gasteiger partial charge in [0.25, 0.3) is 0 Å². The molecule has 0 aromatic heterocycles. The molecule has 0 amide bonds. The number of carboxylic acid groups (broad SMARTS) is 1. The number of nitrogens with two attached hydrogens (primary N) is 1. The molecule has 0 saturated carbocycles. The fraction of sp³-hybridized carbons (Fsp3) is 0.500. The molecule has 0 saturated heterocycles. The van der Waals surface area contributed by atoms with E-state index in [1.807, 2.05) is 12.1 Å². The Morgan fingerprint density at radius 3 is 2.26 bits per heavy atom. The van der Waals surface area contributed by atoms with E-state index in [0.29, 0.717) is 25.0 Å². The Labute approximate surface area is 142 Å². The van der Waals surface area contributed by atoms with Crippen molar-refractivity contribution in [3.63, 3.8) is 0 Å². The summed E-state index contributed by atoms with van der Waals surface area (Å²) < 4.78 is 10.1. The number of halogens is 1. The first-order valence-corrected chi connectivity index (χ1v) is 7.15. The molecule has 0 aliphatic heterocycles. The SMILES string of the molecule is CC(C)(C)OC(=O)Oc1ccc(CCCC(N)C(=O)O)cc1.Cl. The number of ether oxygens (including phenoxy) is 2. The predicted octanol–water partition coefficient (Wildman–Crippen LogP) is 3.16. The number of carbonyl (C=O) groups excluding carboxylic acids is 1. The van der Waals surface area contributed by atoms with E-state index in [2.05, 4.69) is 0 Å². The van der Waals surface area contributed by atoms with Crippen LogP contribution in [0.25, 0.3) is 0 Å². The summed E-state index contributed by atoms with van der Waals surface area (Å²) in [6.07, 6.45) is 1.08. The topological polar surface area (TPSA) is 98.9 Å². The quantitative estimate of drug-likeness (QED) is 0.607. The fourth-order valence-electron chi connectivity index (χ4n) is 1.74. The zero-order chi connectivity index (χ0) is 16.8. The van der Waals surface area contributed by atoms with Gasteiger partial charge in [0.05, 0.1) is 0 Å². The van der Waals surface area contributed by atoms with Crippen LogP contribution in [0.4, 0.5) is 4.79 Å². The molecule has 0 heterocycles. The van der Waals surface area contributed by atoms with Crippen molar-refractivity contribution in [3.8, 4) is 5.75 Å². The molecule has 1 atom stereocenters. The van der Waals surface area contributed by atoms with Gasteiger partial charge in [0.15, 0.2) is 0 Å². The molecular formula is C16H24ClNO5. The molecule has 1 aromatic rings. The van der Waals surface area contributed by atoms with Gasteiger partial charge in [0, 0.05) is 0 Å². The molecule has 0 bridgehead atoms. The van der Waals surface area contributed by atoms with E-state index >= 15 is 0 Å². The van der Waals surface area contributed by atoms with Crippen molar-refractivity contribution in [2.75, 3.05) is 0 Å². The van der Waals surface area contributed by atoms with Gasteiger partial charge in [0.1, 0.15) is 17.4 Å². The van der Waals surface area contributed by atoms with E-state index in [1.54, 1.807) is 32.9 Å². The lowest BCUT2D eigenvalue weighted by Gasteiger charge is -2.18. The second-order valence-electron chi connectivity index (χ2n) is 6.05. The maximum Gasteiger partial charge on any atom is 0.514 e. The number of aryl methyl sites for hydroxylation is 1.